The van der Waals surface area contributed by atoms with Gasteiger partial charge in [0, 0.05) is 22.5 Å². The maximum atomic E-state index is 12.5. The van der Waals surface area contributed by atoms with Crippen molar-refractivity contribution < 1.29 is 14.8 Å². The minimum atomic E-state index is -0.399. The van der Waals surface area contributed by atoms with Crippen LogP contribution in [-0.2, 0) is 9.53 Å². The molecule has 26 heavy (non-hydrogen) atoms. The number of carbonyl (C=O) groups is 1. The largest absolute Gasteiger partial charge is 0.462 e. The summed E-state index contributed by atoms with van der Waals surface area (Å²) < 4.78 is 4.94. The Bertz CT molecular complexity index is 1040. The van der Waals surface area contributed by atoms with E-state index < -0.39 is 5.97 Å². The van der Waals surface area contributed by atoms with Gasteiger partial charge in [0.1, 0.15) is 11.8 Å². The summed E-state index contributed by atoms with van der Waals surface area (Å²) in [4.78, 5) is 31.5. The summed E-state index contributed by atoms with van der Waals surface area (Å²) in [5.74, 6) is 0.0644. The molecule has 7 heteroatoms. The van der Waals surface area contributed by atoms with Gasteiger partial charge in [0.15, 0.2) is 11.3 Å². The number of hydrogen-bond acceptors (Lipinski definition) is 4. The number of para-hydroxylation sites is 1. The highest BCUT2D eigenvalue weighted by Gasteiger charge is 2.17. The summed E-state index contributed by atoms with van der Waals surface area (Å²) in [5.41, 5.74) is 1.79. The van der Waals surface area contributed by atoms with E-state index >= 15 is 0 Å². The Kier molecular flexibility index (Phi) is 4.90. The first-order valence-electron chi connectivity index (χ1n) is 8.20. The first-order chi connectivity index (χ1) is 12.5. The van der Waals surface area contributed by atoms with Crippen LogP contribution in [0.25, 0.3) is 10.9 Å². The number of pyridine rings is 1. The topological polar surface area (TPSA) is 112 Å². The Morgan fingerprint density at radius 1 is 1.31 bits per heavy atom. The third kappa shape index (κ3) is 3.38. The third-order valence-corrected chi connectivity index (χ3v) is 4.00. The molecule has 2 heterocycles. The Balaban J connectivity index is 1.88. The molecular weight excluding hydrogens is 332 g/mol. The molecule has 1 aliphatic rings. The number of carbonyl (C=O) groups excluding carboxylic acids is 1. The van der Waals surface area contributed by atoms with Crippen molar-refractivity contribution in [2.75, 3.05) is 6.61 Å². The fourth-order valence-corrected chi connectivity index (χ4v) is 2.64. The van der Waals surface area contributed by atoms with Crippen LogP contribution in [0.2, 0.25) is 0 Å². The van der Waals surface area contributed by atoms with Crippen LogP contribution in [0.3, 0.4) is 0 Å². The van der Waals surface area contributed by atoms with Gasteiger partial charge < -0.3 is 9.72 Å². The Morgan fingerprint density at radius 3 is 2.77 bits per heavy atom. The highest BCUT2D eigenvalue weighted by molar-refractivity contribution is 6.07. The standard InChI is InChI=1S/C19H18N4O3/c1-3-26-19(25)12-8-9-15(21-10-12)23-18(20)16-11(2)17(24)13-6-4-5-7-14(13)22-16/h4-10H,3H2,1-2H3,(H,22,24)(H2,20,21,23)/p+1. The van der Waals surface area contributed by atoms with Gasteiger partial charge in [-0.05, 0) is 32.1 Å². The van der Waals surface area contributed by atoms with E-state index in [1.807, 2.05) is 6.07 Å². The van der Waals surface area contributed by atoms with Crippen molar-refractivity contribution in [3.63, 3.8) is 0 Å². The lowest BCUT2D eigenvalue weighted by molar-refractivity contribution is -0.461. The molecule has 0 aliphatic carbocycles. The summed E-state index contributed by atoms with van der Waals surface area (Å²) in [6.07, 6.45) is 4.83. The lowest BCUT2D eigenvalue weighted by Crippen LogP contribution is -2.83. The number of esters is 1. The van der Waals surface area contributed by atoms with Crippen LogP contribution >= 0.6 is 0 Å². The molecule has 0 spiro atoms. The van der Waals surface area contributed by atoms with Crippen molar-refractivity contribution in [3.8, 4) is 0 Å². The van der Waals surface area contributed by atoms with Gasteiger partial charge in [0.2, 0.25) is 5.84 Å². The fourth-order valence-electron chi connectivity index (χ4n) is 2.64. The van der Waals surface area contributed by atoms with Gasteiger partial charge in [-0.3, -0.25) is 15.5 Å². The molecular formula is C19H19N4O3+. The lowest BCUT2D eigenvalue weighted by Gasteiger charge is -2.08. The molecule has 4 N–H and O–H groups in total. The predicted molar refractivity (Wildman–Crippen MR) is 99.4 cm³/mol. The van der Waals surface area contributed by atoms with Crippen molar-refractivity contribution in [1.29, 1.82) is 5.41 Å². The number of aromatic nitrogens is 1. The number of hydrogen-bond donors (Lipinski definition) is 3. The molecule has 0 unspecified atom stereocenters. The van der Waals surface area contributed by atoms with Gasteiger partial charge >= 0.3 is 5.97 Å². The molecule has 0 radical (unpaired) electrons. The smallest absolute Gasteiger partial charge is 0.343 e. The molecule has 3 rings (SSSR count). The second-order valence-corrected chi connectivity index (χ2v) is 5.73. The average Bonchev–Trinajstić information content (AvgIpc) is 2.65. The van der Waals surface area contributed by atoms with Gasteiger partial charge in [-0.1, -0.05) is 12.1 Å². The number of benzene rings is 1. The minimum absolute atomic E-state index is 0.0470. The molecule has 1 aromatic heterocycles. The van der Waals surface area contributed by atoms with E-state index in [4.69, 9.17) is 10.1 Å². The molecule has 0 fully saturated rings. The van der Waals surface area contributed by atoms with E-state index in [0.717, 1.165) is 0 Å². The number of nitrogens with one attached hydrogen (secondary N) is 2. The maximum Gasteiger partial charge on any atom is 0.343 e. The number of aliphatic imine (C=N–C) groups is 1. The van der Waals surface area contributed by atoms with Gasteiger partial charge in [-0.15, -0.1) is 0 Å². The Labute approximate surface area is 149 Å². The van der Waals surface area contributed by atoms with Gasteiger partial charge in [0.05, 0.1) is 12.3 Å². The number of aromatic amines is 1. The minimum Gasteiger partial charge on any atom is -0.462 e. The highest BCUT2D eigenvalue weighted by Crippen LogP contribution is 2.12. The molecule has 7 nitrogen and oxygen atoms in total. The molecule has 0 amide bonds. The zero-order chi connectivity index (χ0) is 18.7. The summed E-state index contributed by atoms with van der Waals surface area (Å²) >= 11 is 0. The van der Waals surface area contributed by atoms with Crippen LogP contribution < -0.4 is 10.7 Å². The number of nitrogens with two attached hydrogens (primary N) is 1. The van der Waals surface area contributed by atoms with Gasteiger partial charge in [0.25, 0.3) is 0 Å². The van der Waals surface area contributed by atoms with Crippen molar-refractivity contribution in [1.82, 2.24) is 4.98 Å². The van der Waals surface area contributed by atoms with E-state index in [1.54, 1.807) is 55.7 Å². The van der Waals surface area contributed by atoms with E-state index in [0.29, 0.717) is 40.2 Å². The number of quaternary nitrogens is 1. The van der Waals surface area contributed by atoms with E-state index in [2.05, 4.69) is 9.98 Å². The summed E-state index contributed by atoms with van der Waals surface area (Å²) in [6, 6.07) is 7.17. The predicted octanol–water partition coefficient (Wildman–Crippen LogP) is 1.14. The SMILES string of the molecule is CCOC(=O)C1=C[NH2+]C(=NC(=N)c2[nH]c3ccccc3c(=O)c2C)C=C1. The van der Waals surface area contributed by atoms with E-state index in [-0.39, 0.29) is 11.3 Å². The number of nitrogens with zero attached hydrogens (tertiary/aromatic N) is 1. The summed E-state index contributed by atoms with van der Waals surface area (Å²) in [5, 5.41) is 10.5. The Hall–Kier alpha value is -3.32. The Morgan fingerprint density at radius 2 is 2.08 bits per heavy atom. The zero-order valence-electron chi connectivity index (χ0n) is 14.5. The van der Waals surface area contributed by atoms with Crippen LogP contribution in [0, 0.1) is 12.3 Å². The zero-order valence-corrected chi connectivity index (χ0v) is 14.5. The van der Waals surface area contributed by atoms with E-state index in [9.17, 15) is 9.59 Å². The molecule has 0 saturated carbocycles. The molecule has 2 aromatic rings. The van der Waals surface area contributed by atoms with Crippen LogP contribution in [-0.4, -0.2) is 29.2 Å². The number of rotatable bonds is 3. The lowest BCUT2D eigenvalue weighted by atomic mass is 10.1. The van der Waals surface area contributed by atoms with Gasteiger partial charge in [-0.2, -0.15) is 4.99 Å². The van der Waals surface area contributed by atoms with Crippen molar-refractivity contribution >= 4 is 28.5 Å². The number of amidine groups is 2. The molecule has 0 bridgehead atoms. The first kappa shape index (κ1) is 17.5. The maximum absolute atomic E-state index is 12.5. The third-order valence-electron chi connectivity index (χ3n) is 4.00. The highest BCUT2D eigenvalue weighted by atomic mass is 16.5. The van der Waals surface area contributed by atoms with Crippen molar-refractivity contribution in [3.05, 3.63) is 69.7 Å². The van der Waals surface area contributed by atoms with Crippen molar-refractivity contribution in [2.24, 2.45) is 4.99 Å². The first-order valence-corrected chi connectivity index (χ1v) is 8.20. The molecule has 0 saturated heterocycles. The number of fused-ring (bicyclic) bond motifs is 1. The molecule has 1 aromatic carbocycles. The monoisotopic (exact) mass is 351 g/mol. The quantitative estimate of drug-likeness (QED) is 0.438. The number of H-pyrrole nitrogens is 1. The average molecular weight is 351 g/mol. The summed E-state index contributed by atoms with van der Waals surface area (Å²) in [7, 11) is 0. The van der Waals surface area contributed by atoms with Crippen LogP contribution in [0.15, 0.2) is 58.0 Å². The normalized spacial score (nSPS) is 15.2. The number of ether oxygens (including phenoxy) is 1. The van der Waals surface area contributed by atoms with Crippen LogP contribution in [0.5, 0.6) is 0 Å². The van der Waals surface area contributed by atoms with Crippen LogP contribution in [0.1, 0.15) is 18.2 Å². The second kappa shape index (κ2) is 7.28. The van der Waals surface area contributed by atoms with E-state index in [1.165, 1.54) is 0 Å². The molecule has 1 aliphatic heterocycles. The van der Waals surface area contributed by atoms with Crippen LogP contribution in [0.4, 0.5) is 0 Å². The summed E-state index contributed by atoms with van der Waals surface area (Å²) in [6.45, 7) is 3.73. The fraction of sp³-hybridized carbons (Fsp3) is 0.158. The van der Waals surface area contributed by atoms with Gasteiger partial charge in [-0.25, -0.2) is 4.79 Å². The molecule has 0 atom stereocenters. The van der Waals surface area contributed by atoms with Crippen molar-refractivity contribution in [2.45, 2.75) is 13.8 Å². The molecule has 132 valence electrons. The second-order valence-electron chi connectivity index (χ2n) is 5.73.